The number of aromatic nitrogens is 1. The SMILES string of the molecule is Cc1c2c(cc3ccccc13)Sc1cccc3cc[n+](C)c-2c13. The molecule has 2 heterocycles. The Morgan fingerprint density at radius 1 is 0.870 bits per heavy atom. The third kappa shape index (κ3) is 1.73. The van der Waals surface area contributed by atoms with Gasteiger partial charge in [-0.05, 0) is 40.8 Å². The van der Waals surface area contributed by atoms with Crippen molar-refractivity contribution in [1.82, 2.24) is 0 Å². The molecule has 0 N–H and O–H groups in total. The maximum atomic E-state index is 2.34. The van der Waals surface area contributed by atoms with Crippen LogP contribution in [0.2, 0.25) is 0 Å². The van der Waals surface area contributed by atoms with Crippen molar-refractivity contribution < 1.29 is 4.57 Å². The minimum Gasteiger partial charge on any atom is -0.200 e. The molecule has 3 aromatic carbocycles. The van der Waals surface area contributed by atoms with E-state index in [9.17, 15) is 0 Å². The molecular formula is C21H16NS+. The lowest BCUT2D eigenvalue weighted by molar-refractivity contribution is -0.659. The van der Waals surface area contributed by atoms with Crippen LogP contribution in [0, 0.1) is 6.92 Å². The van der Waals surface area contributed by atoms with Gasteiger partial charge in [-0.25, -0.2) is 4.57 Å². The second kappa shape index (κ2) is 4.59. The van der Waals surface area contributed by atoms with Gasteiger partial charge in [0.2, 0.25) is 5.69 Å². The number of hydrogen-bond donors (Lipinski definition) is 0. The van der Waals surface area contributed by atoms with Gasteiger partial charge in [0.1, 0.15) is 7.05 Å². The van der Waals surface area contributed by atoms with Gasteiger partial charge in [0.15, 0.2) is 6.20 Å². The van der Waals surface area contributed by atoms with Crippen molar-refractivity contribution in [2.45, 2.75) is 16.7 Å². The number of hydrogen-bond acceptors (Lipinski definition) is 1. The highest BCUT2D eigenvalue weighted by molar-refractivity contribution is 7.99. The standard InChI is InChI=1S/C21H16NS/c1-13-16-8-4-3-6-15(16)12-18-19(13)21-20-14(10-11-22(21)2)7-5-9-17(20)23-18/h3-12H,1-2H3/q+1. The lowest BCUT2D eigenvalue weighted by atomic mass is 9.94. The Hall–Kier alpha value is -2.32. The third-order valence-electron chi connectivity index (χ3n) is 4.86. The Morgan fingerprint density at radius 2 is 1.70 bits per heavy atom. The van der Waals surface area contributed by atoms with Gasteiger partial charge in [0.25, 0.3) is 0 Å². The second-order valence-corrected chi connectivity index (χ2v) is 7.28. The molecule has 1 aliphatic heterocycles. The van der Waals surface area contributed by atoms with Crippen molar-refractivity contribution in [1.29, 1.82) is 0 Å². The fourth-order valence-corrected chi connectivity index (χ4v) is 5.00. The van der Waals surface area contributed by atoms with E-state index in [1.165, 1.54) is 48.2 Å². The molecule has 1 nitrogen and oxygen atoms in total. The summed E-state index contributed by atoms with van der Waals surface area (Å²) in [4.78, 5) is 2.72. The topological polar surface area (TPSA) is 3.88 Å². The van der Waals surface area contributed by atoms with Crippen molar-refractivity contribution in [2.75, 3.05) is 0 Å². The largest absolute Gasteiger partial charge is 0.222 e. The van der Waals surface area contributed by atoms with Gasteiger partial charge in [0.05, 0.1) is 10.9 Å². The highest BCUT2D eigenvalue weighted by Crippen LogP contribution is 2.49. The Balaban J connectivity index is 2.02. The fraction of sp³-hybridized carbons (Fsp3) is 0.0952. The fourth-order valence-electron chi connectivity index (χ4n) is 3.76. The summed E-state index contributed by atoms with van der Waals surface area (Å²) in [6, 6.07) is 19.9. The van der Waals surface area contributed by atoms with E-state index in [0.717, 1.165) is 0 Å². The van der Waals surface area contributed by atoms with Crippen LogP contribution < -0.4 is 4.57 Å². The quantitative estimate of drug-likeness (QED) is 0.353. The zero-order valence-electron chi connectivity index (χ0n) is 13.1. The van der Waals surface area contributed by atoms with Gasteiger partial charge in [-0.3, -0.25) is 0 Å². The molecule has 5 rings (SSSR count). The first-order chi connectivity index (χ1) is 11.2. The van der Waals surface area contributed by atoms with Crippen LogP contribution in [0.4, 0.5) is 0 Å². The molecule has 0 aliphatic carbocycles. The van der Waals surface area contributed by atoms with Gasteiger partial charge in [-0.1, -0.05) is 48.2 Å². The lowest BCUT2D eigenvalue weighted by Crippen LogP contribution is -2.31. The van der Waals surface area contributed by atoms with Crippen molar-refractivity contribution in [3.8, 4) is 11.3 Å². The number of rotatable bonds is 0. The average Bonchev–Trinajstić information content (AvgIpc) is 2.57. The molecule has 0 bridgehead atoms. The maximum Gasteiger partial charge on any atom is 0.222 e. The summed E-state index contributed by atoms with van der Waals surface area (Å²) >= 11 is 1.90. The predicted molar refractivity (Wildman–Crippen MR) is 96.9 cm³/mol. The van der Waals surface area contributed by atoms with Crippen LogP contribution in [-0.2, 0) is 7.05 Å². The van der Waals surface area contributed by atoms with Gasteiger partial charge >= 0.3 is 0 Å². The van der Waals surface area contributed by atoms with Crippen LogP contribution in [-0.4, -0.2) is 0 Å². The monoisotopic (exact) mass is 314 g/mol. The summed E-state index contributed by atoms with van der Waals surface area (Å²) in [7, 11) is 2.15. The summed E-state index contributed by atoms with van der Waals surface area (Å²) < 4.78 is 2.27. The van der Waals surface area contributed by atoms with Crippen molar-refractivity contribution >= 4 is 33.3 Å². The summed E-state index contributed by atoms with van der Waals surface area (Å²) in [5.41, 5.74) is 4.11. The second-order valence-electron chi connectivity index (χ2n) is 6.19. The van der Waals surface area contributed by atoms with E-state index < -0.39 is 0 Å². The van der Waals surface area contributed by atoms with E-state index in [4.69, 9.17) is 0 Å². The van der Waals surface area contributed by atoms with Crippen LogP contribution in [0.5, 0.6) is 0 Å². The number of benzene rings is 3. The lowest BCUT2D eigenvalue weighted by Gasteiger charge is -2.20. The molecule has 2 heteroatoms. The molecule has 0 saturated carbocycles. The number of aryl methyl sites for hydroxylation is 2. The Labute approximate surface area is 139 Å². The van der Waals surface area contributed by atoms with Crippen LogP contribution in [0.15, 0.2) is 70.6 Å². The van der Waals surface area contributed by atoms with Gasteiger partial charge in [0, 0.05) is 15.9 Å². The molecule has 110 valence electrons. The molecule has 0 spiro atoms. The van der Waals surface area contributed by atoms with Crippen LogP contribution in [0.3, 0.4) is 0 Å². The van der Waals surface area contributed by atoms with Crippen molar-refractivity contribution in [3.05, 3.63) is 66.4 Å². The van der Waals surface area contributed by atoms with Gasteiger partial charge in [-0.15, -0.1) is 0 Å². The first-order valence-electron chi connectivity index (χ1n) is 7.86. The van der Waals surface area contributed by atoms with E-state index >= 15 is 0 Å². The van der Waals surface area contributed by atoms with Crippen LogP contribution in [0.25, 0.3) is 32.8 Å². The highest BCUT2D eigenvalue weighted by atomic mass is 32.2. The molecule has 23 heavy (non-hydrogen) atoms. The van der Waals surface area contributed by atoms with Crippen LogP contribution >= 0.6 is 11.8 Å². The Morgan fingerprint density at radius 3 is 2.61 bits per heavy atom. The molecule has 0 atom stereocenters. The zero-order chi connectivity index (χ0) is 15.6. The summed E-state index contributed by atoms with van der Waals surface area (Å²) in [5, 5.41) is 5.38. The maximum absolute atomic E-state index is 2.34. The Kier molecular flexibility index (Phi) is 2.62. The first kappa shape index (κ1) is 13.1. The third-order valence-corrected chi connectivity index (χ3v) is 5.96. The van der Waals surface area contributed by atoms with E-state index in [2.05, 4.69) is 79.3 Å². The minimum absolute atomic E-state index is 1.32. The highest BCUT2D eigenvalue weighted by Gasteiger charge is 2.28. The molecule has 0 fully saturated rings. The van der Waals surface area contributed by atoms with E-state index in [1.807, 2.05) is 11.8 Å². The van der Waals surface area contributed by atoms with Gasteiger partial charge in [-0.2, -0.15) is 0 Å². The number of fused-ring (bicyclic) bond motifs is 3. The molecule has 4 aromatic rings. The summed E-state index contributed by atoms with van der Waals surface area (Å²) in [6.45, 7) is 2.26. The number of pyridine rings is 1. The summed E-state index contributed by atoms with van der Waals surface area (Å²) in [6.07, 6.45) is 2.18. The smallest absolute Gasteiger partial charge is 0.200 e. The van der Waals surface area contributed by atoms with E-state index in [0.29, 0.717) is 0 Å². The zero-order valence-corrected chi connectivity index (χ0v) is 13.9. The molecular weight excluding hydrogens is 298 g/mol. The van der Waals surface area contributed by atoms with Gasteiger partial charge < -0.3 is 0 Å². The molecule has 0 unspecified atom stereocenters. The molecule has 1 aromatic heterocycles. The van der Waals surface area contributed by atoms with Crippen molar-refractivity contribution in [3.63, 3.8) is 0 Å². The minimum atomic E-state index is 1.32. The number of nitrogens with zero attached hydrogens (tertiary/aromatic N) is 1. The average molecular weight is 314 g/mol. The molecule has 1 aliphatic rings. The molecule has 0 radical (unpaired) electrons. The first-order valence-corrected chi connectivity index (χ1v) is 8.67. The van der Waals surface area contributed by atoms with E-state index in [-0.39, 0.29) is 0 Å². The Bertz CT molecular complexity index is 1110. The molecule has 0 saturated heterocycles. The van der Waals surface area contributed by atoms with E-state index in [1.54, 1.807) is 0 Å². The molecule has 0 amide bonds. The normalized spacial score (nSPS) is 12.6. The van der Waals surface area contributed by atoms with Crippen molar-refractivity contribution in [2.24, 2.45) is 7.05 Å². The summed E-state index contributed by atoms with van der Waals surface area (Å²) in [5.74, 6) is 0. The predicted octanol–water partition coefficient (Wildman–Crippen LogP) is 5.26. The van der Waals surface area contributed by atoms with Crippen LogP contribution in [0.1, 0.15) is 5.56 Å².